The molecule has 3 unspecified atom stereocenters. The number of piperidine rings is 1. The van der Waals surface area contributed by atoms with Gasteiger partial charge in [-0.15, -0.1) is 0 Å². The lowest BCUT2D eigenvalue weighted by molar-refractivity contribution is -0.834. The summed E-state index contributed by atoms with van der Waals surface area (Å²) >= 11 is 0. The van der Waals surface area contributed by atoms with Crippen LogP contribution >= 0.6 is 0 Å². The number of hydrogen-bond acceptors (Lipinski definition) is 4. The van der Waals surface area contributed by atoms with Gasteiger partial charge in [-0.1, -0.05) is 61.4 Å². The summed E-state index contributed by atoms with van der Waals surface area (Å²) in [5.74, 6) is -1.27. The molecule has 0 radical (unpaired) electrons. The Hall–Kier alpha value is -2.18. The molecule has 1 aliphatic heterocycles. The van der Waals surface area contributed by atoms with Crippen molar-refractivity contribution in [3.63, 3.8) is 0 Å². The normalized spacial score (nSPS) is 24.9. The van der Waals surface area contributed by atoms with Crippen LogP contribution in [0.25, 0.3) is 0 Å². The summed E-state index contributed by atoms with van der Waals surface area (Å²) in [7, 11) is -3.90. The van der Waals surface area contributed by atoms with E-state index in [2.05, 4.69) is 0 Å². The van der Waals surface area contributed by atoms with Crippen LogP contribution in [0.4, 0.5) is 0 Å². The molecule has 0 amide bonds. The van der Waals surface area contributed by atoms with Crippen molar-refractivity contribution in [2.75, 3.05) is 13.1 Å². The molecule has 1 heterocycles. The summed E-state index contributed by atoms with van der Waals surface area (Å²) in [5, 5.41) is 12.3. The SMILES string of the molecule is CCCC[N+]1(S(=O)(=O)c2ccc(C)cc2)CCC(c2ccccc2)CC1C(=O)[O-]. The smallest absolute Gasteiger partial charge is 0.327 e. The molecule has 0 aliphatic carbocycles. The van der Waals surface area contributed by atoms with Crippen molar-refractivity contribution in [3.8, 4) is 0 Å². The van der Waals surface area contributed by atoms with Gasteiger partial charge in [0.25, 0.3) is 0 Å². The number of rotatable bonds is 7. The average molecular weight is 416 g/mol. The van der Waals surface area contributed by atoms with Crippen LogP contribution in [0, 0.1) is 6.92 Å². The van der Waals surface area contributed by atoms with Gasteiger partial charge in [0.1, 0.15) is 16.9 Å². The molecule has 5 nitrogen and oxygen atoms in total. The van der Waals surface area contributed by atoms with E-state index in [1.54, 1.807) is 24.3 Å². The number of hydrogen-bond donors (Lipinski definition) is 0. The fourth-order valence-electron chi connectivity index (χ4n) is 4.45. The lowest BCUT2D eigenvalue weighted by Gasteiger charge is -2.48. The average Bonchev–Trinajstić information content (AvgIpc) is 2.73. The van der Waals surface area contributed by atoms with Crippen molar-refractivity contribution in [2.45, 2.75) is 56.4 Å². The first kappa shape index (κ1) is 21.5. The topological polar surface area (TPSA) is 74.3 Å². The maximum absolute atomic E-state index is 13.8. The van der Waals surface area contributed by atoms with Gasteiger partial charge in [0.2, 0.25) is 0 Å². The highest BCUT2D eigenvalue weighted by Crippen LogP contribution is 2.40. The number of likely N-dealkylation sites (tertiary alicyclic amines) is 1. The van der Waals surface area contributed by atoms with Gasteiger partial charge in [0.15, 0.2) is 0 Å². The number of quaternary nitrogens is 1. The molecule has 1 saturated heterocycles. The minimum absolute atomic E-state index is 0.0141. The molecular weight excluding hydrogens is 386 g/mol. The van der Waals surface area contributed by atoms with E-state index < -0.39 is 25.9 Å². The van der Waals surface area contributed by atoms with E-state index >= 15 is 0 Å². The molecule has 3 rings (SSSR count). The zero-order chi connectivity index (χ0) is 21.1. The number of carbonyl (C=O) groups excluding carboxylic acids is 1. The molecule has 1 aliphatic rings. The molecule has 3 atom stereocenters. The van der Waals surface area contributed by atoms with E-state index in [4.69, 9.17) is 0 Å². The Morgan fingerprint density at radius 2 is 1.76 bits per heavy atom. The predicted octanol–water partition coefficient (Wildman–Crippen LogP) is 3.00. The lowest BCUT2D eigenvalue weighted by atomic mass is 9.85. The van der Waals surface area contributed by atoms with Gasteiger partial charge < -0.3 is 9.90 Å². The zero-order valence-corrected chi connectivity index (χ0v) is 17.9. The van der Waals surface area contributed by atoms with Gasteiger partial charge in [-0.25, -0.2) is 3.89 Å². The number of aliphatic carboxylic acids is 1. The highest BCUT2D eigenvalue weighted by atomic mass is 32.2. The summed E-state index contributed by atoms with van der Waals surface area (Å²) in [5.41, 5.74) is 2.02. The minimum Gasteiger partial charge on any atom is -0.544 e. The van der Waals surface area contributed by atoms with Crippen molar-refractivity contribution in [1.29, 1.82) is 0 Å². The maximum atomic E-state index is 13.8. The molecule has 29 heavy (non-hydrogen) atoms. The van der Waals surface area contributed by atoms with Crippen molar-refractivity contribution in [3.05, 3.63) is 65.7 Å². The van der Waals surface area contributed by atoms with Crippen LogP contribution in [0.2, 0.25) is 0 Å². The third kappa shape index (κ3) is 4.09. The fourth-order valence-corrected chi connectivity index (χ4v) is 6.57. The molecule has 6 heteroatoms. The van der Waals surface area contributed by atoms with Gasteiger partial charge in [0, 0.05) is 12.8 Å². The van der Waals surface area contributed by atoms with E-state index in [1.165, 1.54) is 0 Å². The van der Waals surface area contributed by atoms with Crippen LogP contribution in [0.3, 0.4) is 0 Å². The molecule has 0 N–H and O–H groups in total. The Kier molecular flexibility index (Phi) is 6.44. The number of carboxylic acids is 1. The Labute approximate surface area is 173 Å². The largest absolute Gasteiger partial charge is 0.544 e. The third-order valence-electron chi connectivity index (χ3n) is 6.16. The third-order valence-corrected chi connectivity index (χ3v) is 8.61. The van der Waals surface area contributed by atoms with Crippen molar-refractivity contribution < 1.29 is 22.2 Å². The van der Waals surface area contributed by atoms with Crippen LogP contribution in [0.1, 0.15) is 49.7 Å². The number of unbranched alkanes of at least 4 members (excludes halogenated alkanes) is 1. The highest BCUT2D eigenvalue weighted by Gasteiger charge is 2.53. The number of benzene rings is 2. The number of aryl methyl sites for hydroxylation is 1. The monoisotopic (exact) mass is 415 g/mol. The summed E-state index contributed by atoms with van der Waals surface area (Å²) < 4.78 is 27.1. The Bertz CT molecular complexity index is 941. The molecule has 0 spiro atoms. The maximum Gasteiger partial charge on any atom is 0.327 e. The molecule has 1 fully saturated rings. The number of nitrogens with zero attached hydrogens (tertiary/aromatic N) is 1. The quantitative estimate of drug-likeness (QED) is 0.652. The summed E-state index contributed by atoms with van der Waals surface area (Å²) in [4.78, 5) is 12.4. The number of sulfonamides is 1. The number of carboxylic acid groups (broad SMARTS) is 1. The van der Waals surface area contributed by atoms with Gasteiger partial charge in [-0.05, 0) is 37.0 Å². The van der Waals surface area contributed by atoms with E-state index in [-0.39, 0.29) is 30.3 Å². The molecule has 156 valence electrons. The van der Waals surface area contributed by atoms with Crippen molar-refractivity contribution >= 4 is 16.0 Å². The zero-order valence-electron chi connectivity index (χ0n) is 17.1. The van der Waals surface area contributed by atoms with E-state index in [0.29, 0.717) is 12.8 Å². The molecule has 2 aromatic rings. The van der Waals surface area contributed by atoms with Crippen molar-refractivity contribution in [1.82, 2.24) is 0 Å². The second kappa shape index (κ2) is 8.67. The van der Waals surface area contributed by atoms with Crippen LogP contribution in [0.15, 0.2) is 59.5 Å². The van der Waals surface area contributed by atoms with Crippen LogP contribution in [-0.4, -0.2) is 37.4 Å². The Balaban J connectivity index is 2.05. The van der Waals surface area contributed by atoms with Crippen LogP contribution in [0.5, 0.6) is 0 Å². The minimum atomic E-state index is -3.90. The summed E-state index contributed by atoms with van der Waals surface area (Å²) in [6.07, 6.45) is 2.33. The molecule has 0 aromatic heterocycles. The Morgan fingerprint density at radius 1 is 1.10 bits per heavy atom. The Morgan fingerprint density at radius 3 is 2.34 bits per heavy atom. The van der Waals surface area contributed by atoms with Gasteiger partial charge in [-0.3, -0.25) is 0 Å². The van der Waals surface area contributed by atoms with Gasteiger partial charge >= 0.3 is 10.0 Å². The first-order chi connectivity index (χ1) is 13.8. The summed E-state index contributed by atoms with van der Waals surface area (Å²) in [6.45, 7) is 4.44. The van der Waals surface area contributed by atoms with Gasteiger partial charge in [0.05, 0.1) is 13.1 Å². The number of carbonyl (C=O) groups is 1. The van der Waals surface area contributed by atoms with E-state index in [1.807, 2.05) is 44.2 Å². The summed E-state index contributed by atoms with van der Waals surface area (Å²) in [6, 6.07) is 15.4. The molecule has 0 saturated carbocycles. The standard InChI is InChI=1S/C23H29NO4S/c1-3-4-15-24(29(27,28)21-12-10-18(2)11-13-21)16-14-20(17-22(24)23(25)26)19-8-6-5-7-9-19/h5-13,20,22H,3-4,14-17H2,1-2H3. The van der Waals surface area contributed by atoms with E-state index in [9.17, 15) is 18.3 Å². The fraction of sp³-hybridized carbons (Fsp3) is 0.435. The second-order valence-electron chi connectivity index (χ2n) is 8.01. The van der Waals surface area contributed by atoms with E-state index in [0.717, 1.165) is 17.5 Å². The van der Waals surface area contributed by atoms with Gasteiger partial charge in [-0.2, -0.15) is 8.42 Å². The second-order valence-corrected chi connectivity index (χ2v) is 10.2. The molecule has 2 aromatic carbocycles. The first-order valence-corrected chi connectivity index (χ1v) is 11.7. The van der Waals surface area contributed by atoms with Crippen LogP contribution in [-0.2, 0) is 14.8 Å². The lowest BCUT2D eigenvalue weighted by Crippen LogP contribution is -2.67. The molecule has 0 bridgehead atoms. The predicted molar refractivity (Wildman–Crippen MR) is 110 cm³/mol. The van der Waals surface area contributed by atoms with Crippen LogP contribution < -0.4 is 5.11 Å². The van der Waals surface area contributed by atoms with Crippen molar-refractivity contribution in [2.24, 2.45) is 0 Å². The highest BCUT2D eigenvalue weighted by molar-refractivity contribution is 7.86. The first-order valence-electron chi connectivity index (χ1n) is 10.3. The molecular formula is C23H29NO4S.